The number of hydrogen-bond acceptors (Lipinski definition) is 3. The molecule has 3 atom stereocenters. The summed E-state index contributed by atoms with van der Waals surface area (Å²) < 4.78 is 5.56. The number of aliphatic carboxylic acids is 1. The zero-order valence-electron chi connectivity index (χ0n) is 14.4. The Kier molecular flexibility index (Phi) is 6.18. The second-order valence-corrected chi connectivity index (χ2v) is 6.63. The molecular weight excluding hydrogens is 304 g/mol. The first-order valence-electron chi connectivity index (χ1n) is 8.62. The molecular formula is C20H26O4. The third kappa shape index (κ3) is 3.86. The molecule has 0 radical (unpaired) electrons. The van der Waals surface area contributed by atoms with E-state index in [0.717, 1.165) is 18.4 Å². The molecule has 4 nitrogen and oxygen atoms in total. The Labute approximate surface area is 143 Å². The van der Waals surface area contributed by atoms with Crippen LogP contribution in [0, 0.1) is 17.3 Å². The lowest BCUT2D eigenvalue weighted by Gasteiger charge is -2.40. The zero-order valence-corrected chi connectivity index (χ0v) is 14.4. The Morgan fingerprint density at radius 2 is 2.00 bits per heavy atom. The van der Waals surface area contributed by atoms with Gasteiger partial charge in [-0.15, -0.1) is 0 Å². The smallest absolute Gasteiger partial charge is 0.313 e. The predicted octanol–water partition coefficient (Wildman–Crippen LogP) is 4.20. The van der Waals surface area contributed by atoms with Gasteiger partial charge in [-0.25, -0.2) is 0 Å². The average Bonchev–Trinajstić information content (AvgIpc) is 2.58. The van der Waals surface area contributed by atoms with Crippen molar-refractivity contribution < 1.29 is 19.4 Å². The highest BCUT2D eigenvalue weighted by Gasteiger charge is 2.52. The van der Waals surface area contributed by atoms with Crippen molar-refractivity contribution in [2.75, 3.05) is 0 Å². The third-order valence-electron chi connectivity index (χ3n) is 4.90. The van der Waals surface area contributed by atoms with Crippen molar-refractivity contribution in [3.63, 3.8) is 0 Å². The van der Waals surface area contributed by atoms with E-state index in [1.165, 1.54) is 0 Å². The summed E-state index contributed by atoms with van der Waals surface area (Å²) in [4.78, 5) is 24.8. The fourth-order valence-electron chi connectivity index (χ4n) is 3.62. The van der Waals surface area contributed by atoms with Gasteiger partial charge < -0.3 is 9.84 Å². The summed E-state index contributed by atoms with van der Waals surface area (Å²) in [7, 11) is 0. The van der Waals surface area contributed by atoms with E-state index in [9.17, 15) is 14.7 Å². The van der Waals surface area contributed by atoms with Gasteiger partial charge in [-0.1, -0.05) is 69.2 Å². The van der Waals surface area contributed by atoms with Gasteiger partial charge in [0.2, 0.25) is 0 Å². The molecule has 0 aliphatic heterocycles. The molecule has 0 fully saturated rings. The van der Waals surface area contributed by atoms with Crippen molar-refractivity contribution in [1.82, 2.24) is 0 Å². The number of rotatable bonds is 7. The summed E-state index contributed by atoms with van der Waals surface area (Å²) in [5, 5.41) is 9.74. The number of esters is 1. The van der Waals surface area contributed by atoms with Crippen LogP contribution in [0.25, 0.3) is 0 Å². The molecule has 1 aromatic carbocycles. The minimum absolute atomic E-state index is 0.179. The first-order chi connectivity index (χ1) is 11.5. The van der Waals surface area contributed by atoms with Crippen LogP contribution in [-0.2, 0) is 20.9 Å². The number of carbonyl (C=O) groups is 2. The second kappa shape index (κ2) is 8.13. The van der Waals surface area contributed by atoms with E-state index in [-0.39, 0.29) is 18.5 Å². The SMILES string of the molecule is CCCCC1(C(=O)OCc2ccccc2)CC=CC(C)C1C(=O)O. The highest BCUT2D eigenvalue weighted by atomic mass is 16.5. The lowest BCUT2D eigenvalue weighted by molar-refractivity contribution is -0.171. The Bertz CT molecular complexity index is 593. The first kappa shape index (κ1) is 18.2. The van der Waals surface area contributed by atoms with E-state index in [0.29, 0.717) is 12.8 Å². The Hall–Kier alpha value is -2.10. The predicted molar refractivity (Wildman–Crippen MR) is 92.2 cm³/mol. The van der Waals surface area contributed by atoms with Gasteiger partial charge in [0, 0.05) is 0 Å². The average molecular weight is 330 g/mol. The van der Waals surface area contributed by atoms with Crippen LogP contribution in [-0.4, -0.2) is 17.0 Å². The number of benzene rings is 1. The van der Waals surface area contributed by atoms with Gasteiger partial charge in [-0.3, -0.25) is 9.59 Å². The minimum Gasteiger partial charge on any atom is -0.481 e. The lowest BCUT2D eigenvalue weighted by atomic mass is 9.62. The van der Waals surface area contributed by atoms with Gasteiger partial charge in [-0.2, -0.15) is 0 Å². The number of carboxylic acid groups (broad SMARTS) is 1. The van der Waals surface area contributed by atoms with Crippen LogP contribution in [0.1, 0.15) is 45.1 Å². The molecule has 1 aromatic rings. The number of allylic oxidation sites excluding steroid dienone is 2. The largest absolute Gasteiger partial charge is 0.481 e. The molecule has 0 aromatic heterocycles. The summed E-state index contributed by atoms with van der Waals surface area (Å²) in [5.41, 5.74) is -0.0621. The van der Waals surface area contributed by atoms with Crippen molar-refractivity contribution in [2.45, 2.75) is 46.1 Å². The van der Waals surface area contributed by atoms with Crippen LogP contribution >= 0.6 is 0 Å². The van der Waals surface area contributed by atoms with Gasteiger partial charge >= 0.3 is 11.9 Å². The highest BCUT2D eigenvalue weighted by Crippen LogP contribution is 2.46. The van der Waals surface area contributed by atoms with Crippen LogP contribution in [0.15, 0.2) is 42.5 Å². The normalized spacial score (nSPS) is 26.1. The van der Waals surface area contributed by atoms with E-state index in [1.807, 2.05) is 56.3 Å². The molecule has 0 amide bonds. The molecule has 0 bridgehead atoms. The lowest BCUT2D eigenvalue weighted by Crippen LogP contribution is -2.47. The van der Waals surface area contributed by atoms with Gasteiger partial charge in [0.05, 0.1) is 11.3 Å². The summed E-state index contributed by atoms with van der Waals surface area (Å²) in [6.07, 6.45) is 6.53. The maximum absolute atomic E-state index is 12.9. The summed E-state index contributed by atoms with van der Waals surface area (Å²) >= 11 is 0. The van der Waals surface area contributed by atoms with Crippen molar-refractivity contribution >= 4 is 11.9 Å². The van der Waals surface area contributed by atoms with Crippen LogP contribution in [0.2, 0.25) is 0 Å². The fraction of sp³-hybridized carbons (Fsp3) is 0.500. The standard InChI is InChI=1S/C20H26O4/c1-3-4-12-20(13-8-9-15(2)17(20)18(21)22)19(23)24-14-16-10-6-5-7-11-16/h5-11,15,17H,3-4,12-14H2,1-2H3,(H,21,22). The summed E-state index contributed by atoms with van der Waals surface area (Å²) in [6, 6.07) is 9.47. The van der Waals surface area contributed by atoms with Crippen molar-refractivity contribution in [1.29, 1.82) is 0 Å². The number of unbranched alkanes of at least 4 members (excludes halogenated alkanes) is 1. The molecule has 0 saturated heterocycles. The fourth-order valence-corrected chi connectivity index (χ4v) is 3.62. The highest BCUT2D eigenvalue weighted by molar-refractivity contribution is 5.85. The number of hydrogen-bond donors (Lipinski definition) is 1. The molecule has 1 N–H and O–H groups in total. The van der Waals surface area contributed by atoms with Crippen molar-refractivity contribution in [3.05, 3.63) is 48.0 Å². The van der Waals surface area contributed by atoms with Crippen molar-refractivity contribution in [3.8, 4) is 0 Å². The molecule has 24 heavy (non-hydrogen) atoms. The summed E-state index contributed by atoms with van der Waals surface area (Å²) in [6.45, 7) is 4.08. The Morgan fingerprint density at radius 3 is 2.62 bits per heavy atom. The molecule has 0 saturated carbocycles. The van der Waals surface area contributed by atoms with Crippen LogP contribution < -0.4 is 0 Å². The minimum atomic E-state index is -0.967. The molecule has 130 valence electrons. The van der Waals surface area contributed by atoms with Crippen LogP contribution in [0.3, 0.4) is 0 Å². The maximum Gasteiger partial charge on any atom is 0.313 e. The molecule has 0 spiro atoms. The van der Waals surface area contributed by atoms with Crippen LogP contribution in [0.4, 0.5) is 0 Å². The third-order valence-corrected chi connectivity index (χ3v) is 4.90. The quantitative estimate of drug-likeness (QED) is 0.601. The maximum atomic E-state index is 12.9. The van der Waals surface area contributed by atoms with Gasteiger partial charge in [0.25, 0.3) is 0 Å². The van der Waals surface area contributed by atoms with E-state index in [4.69, 9.17) is 4.74 Å². The molecule has 0 heterocycles. The topological polar surface area (TPSA) is 63.6 Å². The summed E-state index contributed by atoms with van der Waals surface area (Å²) in [5.74, 6) is -2.22. The molecule has 1 aliphatic rings. The van der Waals surface area contributed by atoms with Gasteiger partial charge in [0.15, 0.2) is 0 Å². The Balaban J connectivity index is 2.23. The monoisotopic (exact) mass is 330 g/mol. The van der Waals surface area contributed by atoms with Crippen molar-refractivity contribution in [2.24, 2.45) is 17.3 Å². The second-order valence-electron chi connectivity index (χ2n) is 6.63. The van der Waals surface area contributed by atoms with Crippen LogP contribution in [0.5, 0.6) is 0 Å². The number of ether oxygens (including phenoxy) is 1. The van der Waals surface area contributed by atoms with E-state index in [1.54, 1.807) is 0 Å². The van der Waals surface area contributed by atoms with Gasteiger partial charge in [0.1, 0.15) is 6.61 Å². The molecule has 2 rings (SSSR count). The molecule has 4 heteroatoms. The Morgan fingerprint density at radius 1 is 1.29 bits per heavy atom. The van der Waals surface area contributed by atoms with E-state index >= 15 is 0 Å². The van der Waals surface area contributed by atoms with E-state index < -0.39 is 17.3 Å². The van der Waals surface area contributed by atoms with Gasteiger partial charge in [-0.05, 0) is 24.3 Å². The zero-order chi connectivity index (χ0) is 17.6. The molecule has 3 unspecified atom stereocenters. The van der Waals surface area contributed by atoms with E-state index in [2.05, 4.69) is 0 Å². The first-order valence-corrected chi connectivity index (χ1v) is 8.62. The number of carbonyl (C=O) groups excluding carboxylic acids is 1. The molecule has 1 aliphatic carbocycles. The number of carboxylic acids is 1.